The van der Waals surface area contributed by atoms with Crippen LogP contribution in [0.5, 0.6) is 5.75 Å². The van der Waals surface area contributed by atoms with Crippen LogP contribution >= 0.6 is 0 Å². The van der Waals surface area contributed by atoms with Crippen LogP contribution in [0.2, 0.25) is 0 Å². The van der Waals surface area contributed by atoms with E-state index in [1.165, 1.54) is 17.5 Å². The van der Waals surface area contributed by atoms with Crippen molar-refractivity contribution in [3.8, 4) is 5.75 Å². The lowest BCUT2D eigenvalue weighted by Gasteiger charge is -2.48. The van der Waals surface area contributed by atoms with Crippen LogP contribution in [-0.4, -0.2) is 10.9 Å². The number of aromatic hydroxyl groups is 1. The molecule has 0 heterocycles. The Morgan fingerprint density at radius 2 is 2.00 bits per heavy atom. The van der Waals surface area contributed by atoms with Crippen LogP contribution in [0, 0.1) is 17.3 Å². The fourth-order valence-corrected chi connectivity index (χ4v) is 5.34. The number of fused-ring (bicyclic) bond motifs is 5. The summed E-state index contributed by atoms with van der Waals surface area (Å²) in [6.07, 6.45) is 6.34. The van der Waals surface area contributed by atoms with Crippen molar-refractivity contribution in [1.82, 2.24) is 0 Å². The fraction of sp³-hybridized carbons (Fsp3) is 0.632. The van der Waals surface area contributed by atoms with Crippen molar-refractivity contribution in [2.75, 3.05) is 0 Å². The number of aryl methyl sites for hydroxylation is 1. The molecule has 0 bridgehead atoms. The van der Waals surface area contributed by atoms with E-state index in [1.54, 1.807) is 0 Å². The molecule has 2 heteroatoms. The molecule has 1 aromatic carbocycles. The summed E-state index contributed by atoms with van der Waals surface area (Å²) >= 11 is 0. The summed E-state index contributed by atoms with van der Waals surface area (Å²) in [6.45, 7) is 2.22. The second kappa shape index (κ2) is 4.86. The molecular weight excluding hydrogens is 260 g/mol. The van der Waals surface area contributed by atoms with Crippen molar-refractivity contribution < 1.29 is 9.90 Å². The molecule has 3 aliphatic carbocycles. The van der Waals surface area contributed by atoms with Crippen molar-refractivity contribution in [3.05, 3.63) is 29.3 Å². The van der Waals surface area contributed by atoms with Crippen molar-refractivity contribution >= 4 is 5.78 Å². The average molecular weight is 286 g/mol. The largest absolute Gasteiger partial charge is 0.508 e. The van der Waals surface area contributed by atoms with Crippen LogP contribution in [0.4, 0.5) is 0 Å². The number of phenols is 1. The summed E-state index contributed by atoms with van der Waals surface area (Å²) in [5.41, 5.74) is 2.75. The lowest BCUT2D eigenvalue weighted by atomic mass is 9.55. The Labute approximate surface area is 127 Å². The first-order valence-electron chi connectivity index (χ1n) is 7.95. The van der Waals surface area contributed by atoms with Crippen LogP contribution in [-0.2, 0) is 11.2 Å². The number of rotatable bonds is 0. The number of Topliss-reactive ketones (excluding diaryl/α,β-unsaturated/α-hetero) is 1. The van der Waals surface area contributed by atoms with Gasteiger partial charge in [0.25, 0.3) is 0 Å². The van der Waals surface area contributed by atoms with Crippen molar-refractivity contribution in [3.63, 3.8) is 0 Å². The van der Waals surface area contributed by atoms with Gasteiger partial charge in [-0.1, -0.05) is 20.4 Å². The highest BCUT2D eigenvalue weighted by molar-refractivity contribution is 5.87. The van der Waals surface area contributed by atoms with Crippen LogP contribution in [0.1, 0.15) is 63.5 Å². The van der Waals surface area contributed by atoms with E-state index < -0.39 is 0 Å². The molecule has 0 aliphatic heterocycles. The topological polar surface area (TPSA) is 37.3 Å². The average Bonchev–Trinajstić information content (AvgIpc) is 2.74. The van der Waals surface area contributed by atoms with Gasteiger partial charge in [0.05, 0.1) is 0 Å². The molecule has 0 amide bonds. The minimum atomic E-state index is -0.0322. The zero-order valence-corrected chi connectivity index (χ0v) is 12.1. The fourth-order valence-electron chi connectivity index (χ4n) is 5.34. The molecule has 0 radical (unpaired) electrons. The minimum absolute atomic E-state index is 0. The molecule has 4 rings (SSSR count). The van der Waals surface area contributed by atoms with Crippen LogP contribution < -0.4 is 0 Å². The van der Waals surface area contributed by atoms with Gasteiger partial charge in [0.1, 0.15) is 11.5 Å². The lowest BCUT2D eigenvalue weighted by molar-refractivity contribution is -0.129. The summed E-state index contributed by atoms with van der Waals surface area (Å²) in [7, 11) is 0. The molecule has 21 heavy (non-hydrogen) atoms. The van der Waals surface area contributed by atoms with Crippen LogP contribution in [0.3, 0.4) is 0 Å². The number of carbonyl (C=O) groups excluding carboxylic acids is 1. The van der Waals surface area contributed by atoms with Crippen molar-refractivity contribution in [2.45, 2.75) is 58.8 Å². The summed E-state index contributed by atoms with van der Waals surface area (Å²) in [6, 6.07) is 5.90. The molecule has 0 saturated heterocycles. The third-order valence-electron chi connectivity index (χ3n) is 6.42. The van der Waals surface area contributed by atoms with Crippen molar-refractivity contribution in [2.24, 2.45) is 17.3 Å². The van der Waals surface area contributed by atoms with Crippen LogP contribution in [0.25, 0.3) is 0 Å². The van der Waals surface area contributed by atoms with E-state index in [1.807, 2.05) is 12.1 Å². The Morgan fingerprint density at radius 1 is 1.19 bits per heavy atom. The van der Waals surface area contributed by atoms with Gasteiger partial charge in [0, 0.05) is 11.8 Å². The summed E-state index contributed by atoms with van der Waals surface area (Å²) in [5, 5.41) is 9.67. The maximum absolute atomic E-state index is 12.3. The summed E-state index contributed by atoms with van der Waals surface area (Å²) in [4.78, 5) is 12.3. The highest BCUT2D eigenvalue weighted by Crippen LogP contribution is 2.59. The quantitative estimate of drug-likeness (QED) is 0.765. The summed E-state index contributed by atoms with van der Waals surface area (Å²) in [5.74, 6) is 2.78. The number of benzene rings is 1. The minimum Gasteiger partial charge on any atom is -0.508 e. The van der Waals surface area contributed by atoms with Gasteiger partial charge < -0.3 is 5.11 Å². The molecule has 3 aliphatic rings. The Morgan fingerprint density at radius 3 is 2.81 bits per heavy atom. The maximum Gasteiger partial charge on any atom is 0.139 e. The van der Waals surface area contributed by atoms with E-state index in [-0.39, 0.29) is 12.8 Å². The van der Waals surface area contributed by atoms with E-state index in [0.29, 0.717) is 29.3 Å². The van der Waals surface area contributed by atoms with E-state index >= 15 is 0 Å². The number of phenolic OH excluding ortho intramolecular Hbond substituents is 1. The van der Waals surface area contributed by atoms with E-state index in [9.17, 15) is 9.90 Å². The molecular formula is C19H26O2. The zero-order chi connectivity index (χ0) is 13.9. The normalized spacial score (nSPS) is 37.2. The second-order valence-corrected chi connectivity index (χ2v) is 7.22. The monoisotopic (exact) mass is 286 g/mol. The number of hydrogen-bond donors (Lipinski definition) is 1. The second-order valence-electron chi connectivity index (χ2n) is 7.22. The molecule has 2 saturated carbocycles. The molecule has 2 fully saturated rings. The van der Waals surface area contributed by atoms with Gasteiger partial charge in [-0.05, 0) is 73.1 Å². The molecule has 0 aromatic heterocycles. The predicted molar refractivity (Wildman–Crippen MR) is 84.5 cm³/mol. The smallest absolute Gasteiger partial charge is 0.139 e. The maximum atomic E-state index is 12.3. The zero-order valence-electron chi connectivity index (χ0n) is 12.1. The van der Waals surface area contributed by atoms with Gasteiger partial charge in [-0.2, -0.15) is 0 Å². The Kier molecular flexibility index (Phi) is 3.38. The molecule has 3 unspecified atom stereocenters. The molecule has 2 nitrogen and oxygen atoms in total. The molecule has 0 spiro atoms. The van der Waals surface area contributed by atoms with Gasteiger partial charge in [0.2, 0.25) is 0 Å². The number of hydrogen-bond acceptors (Lipinski definition) is 2. The third kappa shape index (κ3) is 1.95. The van der Waals surface area contributed by atoms with Crippen LogP contribution in [0.15, 0.2) is 18.2 Å². The van der Waals surface area contributed by atoms with E-state index in [2.05, 4.69) is 13.0 Å². The number of ketones is 1. The summed E-state index contributed by atoms with van der Waals surface area (Å²) < 4.78 is 0. The Hall–Kier alpha value is -1.31. The van der Waals surface area contributed by atoms with Gasteiger partial charge in [-0.25, -0.2) is 0 Å². The first-order chi connectivity index (χ1) is 9.59. The van der Waals surface area contributed by atoms with Gasteiger partial charge in [-0.15, -0.1) is 0 Å². The Balaban J connectivity index is 0.00000132. The first-order valence-corrected chi connectivity index (χ1v) is 7.95. The molecule has 1 N–H and O–H groups in total. The molecule has 4 atom stereocenters. The van der Waals surface area contributed by atoms with E-state index in [4.69, 9.17) is 0 Å². The highest BCUT2D eigenvalue weighted by atomic mass is 16.3. The number of carbonyl (C=O) groups is 1. The van der Waals surface area contributed by atoms with Gasteiger partial charge >= 0.3 is 0 Å². The lowest BCUT2D eigenvalue weighted by Crippen LogP contribution is -2.42. The van der Waals surface area contributed by atoms with E-state index in [0.717, 1.165) is 32.1 Å². The highest BCUT2D eigenvalue weighted by Gasteiger charge is 2.54. The standard InChI is InChI=1S/C18H22O2.CH4/c1-18-9-8-14-13-5-3-12(19)10-11(13)2-4-15(14)16(18)6-7-17(18)20;/h3,5,10,14-16,19H,2,4,6-9H2,1H3;1H4/t14?,15?,16?,18-;/m0./s1. The predicted octanol–water partition coefficient (Wildman–Crippen LogP) is 4.45. The third-order valence-corrected chi connectivity index (χ3v) is 6.42. The van der Waals surface area contributed by atoms with Gasteiger partial charge in [-0.3, -0.25) is 4.79 Å². The molecule has 1 aromatic rings. The molecule has 114 valence electrons. The first kappa shape index (κ1) is 14.6. The Bertz CT molecular complexity index is 577. The van der Waals surface area contributed by atoms with Crippen molar-refractivity contribution in [1.29, 1.82) is 0 Å². The SMILES string of the molecule is C.C[C@]12CCC3c4ccc(O)cc4CCC3C1CCC2=O. The van der Waals surface area contributed by atoms with Gasteiger partial charge in [0.15, 0.2) is 0 Å².